The van der Waals surface area contributed by atoms with Gasteiger partial charge in [0.2, 0.25) is 0 Å². The Morgan fingerprint density at radius 2 is 2.10 bits per heavy atom. The van der Waals surface area contributed by atoms with Crippen molar-refractivity contribution in [2.24, 2.45) is 11.3 Å². The van der Waals surface area contributed by atoms with Crippen LogP contribution in [0, 0.1) is 18.3 Å². The molecule has 2 heterocycles. The first-order valence-electron chi connectivity index (χ1n) is 10.3. The Labute approximate surface area is 170 Å². The van der Waals surface area contributed by atoms with Gasteiger partial charge in [-0.3, -0.25) is 4.79 Å². The number of aliphatic carboxylic acids is 1. The summed E-state index contributed by atoms with van der Waals surface area (Å²) in [4.78, 5) is 26.3. The molecule has 0 radical (unpaired) electrons. The molecule has 29 heavy (non-hydrogen) atoms. The lowest BCUT2D eigenvalue weighted by atomic mass is 9.81. The van der Waals surface area contributed by atoms with Gasteiger partial charge in [-0.1, -0.05) is 24.6 Å². The van der Waals surface area contributed by atoms with Crippen molar-refractivity contribution in [1.82, 2.24) is 20.0 Å². The zero-order valence-corrected chi connectivity index (χ0v) is 17.0. The molecule has 2 aromatic rings. The Bertz CT molecular complexity index is 910. The Hall–Kier alpha value is -2.83. The molecule has 7 nitrogen and oxygen atoms in total. The fourth-order valence-electron chi connectivity index (χ4n) is 4.95. The normalized spacial score (nSPS) is 24.3. The maximum Gasteiger partial charge on any atom is 0.317 e. The maximum absolute atomic E-state index is 12.8. The summed E-state index contributed by atoms with van der Waals surface area (Å²) >= 11 is 0. The molecular weight excluding hydrogens is 368 g/mol. The topological polar surface area (TPSA) is 87.5 Å². The van der Waals surface area contributed by atoms with E-state index in [0.29, 0.717) is 25.9 Å². The molecule has 154 valence electrons. The fourth-order valence-corrected chi connectivity index (χ4v) is 4.95. The van der Waals surface area contributed by atoms with Gasteiger partial charge < -0.3 is 15.3 Å². The number of nitrogens with zero attached hydrogens (tertiary/aromatic N) is 3. The van der Waals surface area contributed by atoms with Crippen molar-refractivity contribution in [3.63, 3.8) is 0 Å². The second-order valence-corrected chi connectivity index (χ2v) is 8.51. The molecule has 2 fully saturated rings. The number of amides is 2. The van der Waals surface area contributed by atoms with Crippen LogP contribution in [0.15, 0.2) is 36.4 Å². The van der Waals surface area contributed by atoms with E-state index in [9.17, 15) is 14.7 Å². The highest BCUT2D eigenvalue weighted by molar-refractivity contribution is 5.80. The van der Waals surface area contributed by atoms with Crippen LogP contribution < -0.4 is 5.32 Å². The van der Waals surface area contributed by atoms with E-state index in [1.54, 1.807) is 4.90 Å². The van der Waals surface area contributed by atoms with E-state index in [2.05, 4.69) is 10.4 Å². The van der Waals surface area contributed by atoms with Gasteiger partial charge in [0.1, 0.15) is 0 Å². The molecule has 4 rings (SSSR count). The quantitative estimate of drug-likeness (QED) is 0.813. The number of likely N-dealkylation sites (tertiary alicyclic amines) is 1. The second-order valence-electron chi connectivity index (χ2n) is 8.51. The van der Waals surface area contributed by atoms with Crippen molar-refractivity contribution in [2.45, 2.75) is 45.6 Å². The summed E-state index contributed by atoms with van der Waals surface area (Å²) in [5.41, 5.74) is 2.20. The molecule has 7 heteroatoms. The van der Waals surface area contributed by atoms with E-state index < -0.39 is 11.4 Å². The first-order valence-corrected chi connectivity index (χ1v) is 10.3. The predicted octanol–water partition coefficient (Wildman–Crippen LogP) is 3.01. The summed E-state index contributed by atoms with van der Waals surface area (Å²) in [7, 11) is 0. The molecule has 1 saturated heterocycles. The van der Waals surface area contributed by atoms with E-state index >= 15 is 0 Å². The third-order valence-electron chi connectivity index (χ3n) is 6.38. The molecule has 2 N–H and O–H groups in total. The van der Waals surface area contributed by atoms with Crippen LogP contribution in [0.2, 0.25) is 0 Å². The number of para-hydroxylation sites is 1. The van der Waals surface area contributed by atoms with E-state index in [4.69, 9.17) is 0 Å². The van der Waals surface area contributed by atoms with Crippen molar-refractivity contribution < 1.29 is 14.7 Å². The Balaban J connectivity index is 1.42. The number of aromatic nitrogens is 2. The number of fused-ring (bicyclic) bond motifs is 1. The number of hydrogen-bond acceptors (Lipinski definition) is 3. The lowest BCUT2D eigenvalue weighted by molar-refractivity contribution is -0.149. The van der Waals surface area contributed by atoms with Crippen LogP contribution >= 0.6 is 0 Å². The molecule has 0 spiro atoms. The smallest absolute Gasteiger partial charge is 0.317 e. The van der Waals surface area contributed by atoms with Gasteiger partial charge in [0.15, 0.2) is 0 Å². The molecule has 1 unspecified atom stereocenters. The van der Waals surface area contributed by atoms with Crippen molar-refractivity contribution >= 4 is 12.0 Å². The van der Waals surface area contributed by atoms with E-state index in [1.165, 1.54) is 0 Å². The van der Waals surface area contributed by atoms with Gasteiger partial charge in [-0.05, 0) is 50.8 Å². The van der Waals surface area contributed by atoms with Crippen LogP contribution in [0.3, 0.4) is 0 Å². The third-order valence-corrected chi connectivity index (χ3v) is 6.38. The van der Waals surface area contributed by atoms with Crippen molar-refractivity contribution in [2.75, 3.05) is 13.1 Å². The number of carboxylic acids is 1. The number of rotatable bonds is 5. The van der Waals surface area contributed by atoms with E-state index in [0.717, 1.165) is 29.9 Å². The van der Waals surface area contributed by atoms with E-state index in [-0.39, 0.29) is 18.0 Å². The number of benzene rings is 1. The molecule has 2 aliphatic rings. The third kappa shape index (κ3) is 3.61. The highest BCUT2D eigenvalue weighted by atomic mass is 16.4. The van der Waals surface area contributed by atoms with Crippen molar-refractivity contribution in [3.05, 3.63) is 47.8 Å². The summed E-state index contributed by atoms with van der Waals surface area (Å²) < 4.78 is 1.91. The SMILES string of the molecule is Cc1cc(CC(C)NC(=O)N2C[C@@H]3CCC[C@@]3(C(=O)O)C2)n(-c2ccccc2)n1. The average molecular weight is 396 g/mol. The first-order chi connectivity index (χ1) is 13.9. The number of carbonyl (C=O) groups is 2. The van der Waals surface area contributed by atoms with Crippen LogP contribution in [-0.4, -0.2) is 50.9 Å². The Kier molecular flexibility index (Phi) is 5.06. The van der Waals surface area contributed by atoms with Crippen LogP contribution in [0.5, 0.6) is 0 Å². The van der Waals surface area contributed by atoms with Crippen LogP contribution in [0.4, 0.5) is 4.79 Å². The standard InChI is InChI=1S/C22H28N4O3/c1-15(11-19-12-16(2)24-26(19)18-8-4-3-5-9-18)23-21(29)25-13-17-7-6-10-22(17,14-25)20(27)28/h3-5,8-9,12,15,17H,6-7,10-11,13-14H2,1-2H3,(H,23,29)(H,27,28)/t15?,17-,22+/m0/s1. The predicted molar refractivity (Wildman–Crippen MR) is 109 cm³/mol. The van der Waals surface area contributed by atoms with Gasteiger partial charge in [-0.25, -0.2) is 9.48 Å². The summed E-state index contributed by atoms with van der Waals surface area (Å²) in [6, 6.07) is 11.7. The number of aryl methyl sites for hydroxylation is 1. The van der Waals surface area contributed by atoms with Gasteiger partial charge >= 0.3 is 12.0 Å². The Morgan fingerprint density at radius 3 is 2.79 bits per heavy atom. The number of carbonyl (C=O) groups excluding carboxylic acids is 1. The summed E-state index contributed by atoms with van der Waals surface area (Å²) in [6.07, 6.45) is 3.14. The lowest BCUT2D eigenvalue weighted by Crippen LogP contribution is -2.45. The molecule has 1 aromatic heterocycles. The van der Waals surface area contributed by atoms with Crippen molar-refractivity contribution in [1.29, 1.82) is 0 Å². The van der Waals surface area contributed by atoms with Crippen molar-refractivity contribution in [3.8, 4) is 5.69 Å². The van der Waals surface area contributed by atoms with Crippen LogP contribution in [0.1, 0.15) is 37.6 Å². The first kappa shape index (κ1) is 19.5. The minimum absolute atomic E-state index is 0.0724. The molecule has 1 aliphatic carbocycles. The monoisotopic (exact) mass is 396 g/mol. The van der Waals surface area contributed by atoms with Gasteiger partial charge in [-0.15, -0.1) is 0 Å². The second kappa shape index (κ2) is 7.54. The summed E-state index contributed by atoms with van der Waals surface area (Å²) in [6.45, 7) is 4.78. The van der Waals surface area contributed by atoms with Gasteiger partial charge in [-0.2, -0.15) is 5.10 Å². The number of hydrogen-bond donors (Lipinski definition) is 2. The summed E-state index contributed by atoms with van der Waals surface area (Å²) in [5, 5.41) is 17.4. The fraction of sp³-hybridized carbons (Fsp3) is 0.500. The highest BCUT2D eigenvalue weighted by Crippen LogP contribution is 2.48. The average Bonchev–Trinajstić information content (AvgIpc) is 3.34. The van der Waals surface area contributed by atoms with Gasteiger partial charge in [0.05, 0.1) is 16.8 Å². The van der Waals surface area contributed by atoms with Gasteiger partial charge in [0, 0.05) is 31.2 Å². The number of carboxylic acid groups (broad SMARTS) is 1. The molecule has 1 aromatic carbocycles. The molecule has 1 saturated carbocycles. The number of nitrogens with one attached hydrogen (secondary N) is 1. The maximum atomic E-state index is 12.8. The minimum Gasteiger partial charge on any atom is -0.481 e. The Morgan fingerprint density at radius 1 is 1.34 bits per heavy atom. The molecular formula is C22H28N4O3. The lowest BCUT2D eigenvalue weighted by Gasteiger charge is -2.24. The summed E-state index contributed by atoms with van der Waals surface area (Å²) in [5.74, 6) is -0.686. The minimum atomic E-state index is -0.759. The molecule has 1 aliphatic heterocycles. The molecule has 0 bridgehead atoms. The molecule has 2 amide bonds. The zero-order valence-electron chi connectivity index (χ0n) is 17.0. The zero-order chi connectivity index (χ0) is 20.6. The van der Waals surface area contributed by atoms with Crippen LogP contribution in [-0.2, 0) is 11.2 Å². The van der Waals surface area contributed by atoms with E-state index in [1.807, 2.05) is 54.9 Å². The molecule has 3 atom stereocenters. The van der Waals surface area contributed by atoms with Crippen LogP contribution in [0.25, 0.3) is 5.69 Å². The highest BCUT2D eigenvalue weighted by Gasteiger charge is 2.55. The van der Waals surface area contributed by atoms with Gasteiger partial charge in [0.25, 0.3) is 0 Å². The number of urea groups is 1. The largest absolute Gasteiger partial charge is 0.481 e.